The Labute approximate surface area is 116 Å². The van der Waals surface area contributed by atoms with Gasteiger partial charge in [-0.1, -0.05) is 13.8 Å². The van der Waals surface area contributed by atoms with E-state index in [2.05, 4.69) is 19.2 Å². The molecule has 2 N–H and O–H groups in total. The van der Waals surface area contributed by atoms with Gasteiger partial charge in [-0.15, -0.1) is 0 Å². The minimum atomic E-state index is 0.0535. The molecule has 0 bridgehead atoms. The Hall–Kier alpha value is -0.770. The van der Waals surface area contributed by atoms with E-state index in [1.807, 2.05) is 4.90 Å². The highest BCUT2D eigenvalue weighted by Crippen LogP contribution is 2.47. The third-order valence-corrected chi connectivity index (χ3v) is 5.52. The first kappa shape index (κ1) is 14.6. The Morgan fingerprint density at radius 3 is 2.11 bits per heavy atom. The standard InChI is InChI=1S/C15H28N2O2/c1-3-14(5-6-14)11-16-13(19)17-9-7-15(4-2,12-18)8-10-17/h18H,3-12H2,1-2H3,(H,16,19). The van der Waals surface area contributed by atoms with Crippen LogP contribution in [-0.2, 0) is 0 Å². The topological polar surface area (TPSA) is 52.6 Å². The van der Waals surface area contributed by atoms with Gasteiger partial charge in [-0.2, -0.15) is 0 Å². The quantitative estimate of drug-likeness (QED) is 0.804. The Bertz CT molecular complexity index is 312. The average Bonchev–Trinajstić information content (AvgIpc) is 3.25. The molecule has 1 heterocycles. The van der Waals surface area contributed by atoms with Gasteiger partial charge in [0.2, 0.25) is 0 Å². The van der Waals surface area contributed by atoms with Gasteiger partial charge >= 0.3 is 6.03 Å². The molecule has 0 aromatic carbocycles. The normalized spacial score (nSPS) is 24.1. The Morgan fingerprint density at radius 1 is 1.11 bits per heavy atom. The van der Waals surface area contributed by atoms with Crippen LogP contribution in [0.15, 0.2) is 0 Å². The number of urea groups is 1. The van der Waals surface area contributed by atoms with Crippen molar-refractivity contribution >= 4 is 6.03 Å². The zero-order chi connectivity index (χ0) is 13.9. The van der Waals surface area contributed by atoms with Gasteiger partial charge in [-0.05, 0) is 49.4 Å². The van der Waals surface area contributed by atoms with Gasteiger partial charge in [0.15, 0.2) is 0 Å². The monoisotopic (exact) mass is 268 g/mol. The van der Waals surface area contributed by atoms with Crippen molar-refractivity contribution in [3.05, 3.63) is 0 Å². The number of likely N-dealkylation sites (tertiary alicyclic amines) is 1. The average molecular weight is 268 g/mol. The number of nitrogens with one attached hydrogen (secondary N) is 1. The predicted octanol–water partition coefficient (Wildman–Crippen LogP) is 2.37. The van der Waals surface area contributed by atoms with E-state index in [9.17, 15) is 9.90 Å². The van der Waals surface area contributed by atoms with Gasteiger partial charge in [0, 0.05) is 26.2 Å². The van der Waals surface area contributed by atoms with Crippen LogP contribution in [0.25, 0.3) is 0 Å². The predicted molar refractivity (Wildman–Crippen MR) is 76.0 cm³/mol. The summed E-state index contributed by atoms with van der Waals surface area (Å²) in [6, 6.07) is 0.0855. The second-order valence-electron chi connectivity index (χ2n) is 6.51. The summed E-state index contributed by atoms with van der Waals surface area (Å²) in [6.07, 6.45) is 6.52. The lowest BCUT2D eigenvalue weighted by Gasteiger charge is -2.40. The van der Waals surface area contributed by atoms with Crippen molar-refractivity contribution in [1.82, 2.24) is 10.2 Å². The summed E-state index contributed by atoms with van der Waals surface area (Å²) in [4.78, 5) is 14.0. The molecular formula is C15H28N2O2. The molecule has 1 saturated carbocycles. The SMILES string of the molecule is CCC1(CO)CCN(C(=O)NCC2(CC)CC2)CC1. The van der Waals surface area contributed by atoms with Crippen molar-refractivity contribution in [3.63, 3.8) is 0 Å². The number of hydrogen-bond acceptors (Lipinski definition) is 2. The number of hydrogen-bond donors (Lipinski definition) is 2. The number of piperidine rings is 1. The summed E-state index contributed by atoms with van der Waals surface area (Å²) < 4.78 is 0. The molecule has 0 atom stereocenters. The van der Waals surface area contributed by atoms with Crippen LogP contribution < -0.4 is 5.32 Å². The van der Waals surface area contributed by atoms with Crippen LogP contribution in [0.1, 0.15) is 52.4 Å². The van der Waals surface area contributed by atoms with Crippen LogP contribution in [0.3, 0.4) is 0 Å². The molecule has 0 radical (unpaired) electrons. The fraction of sp³-hybridized carbons (Fsp3) is 0.933. The van der Waals surface area contributed by atoms with Crippen molar-refractivity contribution in [2.24, 2.45) is 10.8 Å². The molecule has 2 rings (SSSR count). The molecule has 0 spiro atoms. The number of rotatable bonds is 5. The highest BCUT2D eigenvalue weighted by Gasteiger charge is 2.41. The zero-order valence-corrected chi connectivity index (χ0v) is 12.4. The van der Waals surface area contributed by atoms with E-state index in [1.54, 1.807) is 0 Å². The first-order valence-corrected chi connectivity index (χ1v) is 7.72. The van der Waals surface area contributed by atoms with Gasteiger partial charge in [0.1, 0.15) is 0 Å². The summed E-state index contributed by atoms with van der Waals surface area (Å²) >= 11 is 0. The molecule has 4 nitrogen and oxygen atoms in total. The van der Waals surface area contributed by atoms with Crippen LogP contribution in [0.2, 0.25) is 0 Å². The van der Waals surface area contributed by atoms with Crippen molar-refractivity contribution in [1.29, 1.82) is 0 Å². The van der Waals surface area contributed by atoms with Crippen molar-refractivity contribution in [3.8, 4) is 0 Å². The summed E-state index contributed by atoms with van der Waals surface area (Å²) in [5.74, 6) is 0. The molecule has 0 aromatic heterocycles. The summed E-state index contributed by atoms with van der Waals surface area (Å²) in [5.41, 5.74) is 0.460. The maximum Gasteiger partial charge on any atom is 0.317 e. The fourth-order valence-electron chi connectivity index (χ4n) is 3.01. The lowest BCUT2D eigenvalue weighted by Crippen LogP contribution is -2.49. The second kappa shape index (κ2) is 5.70. The molecule has 0 aromatic rings. The number of carbonyl (C=O) groups excluding carboxylic acids is 1. The number of nitrogens with zero attached hydrogens (tertiary/aromatic N) is 1. The number of amides is 2. The minimum Gasteiger partial charge on any atom is -0.396 e. The van der Waals surface area contributed by atoms with E-state index in [0.29, 0.717) is 5.41 Å². The molecular weight excluding hydrogens is 240 g/mol. The van der Waals surface area contributed by atoms with Crippen LogP contribution >= 0.6 is 0 Å². The molecule has 110 valence electrons. The molecule has 19 heavy (non-hydrogen) atoms. The number of carbonyl (C=O) groups is 1. The third-order valence-electron chi connectivity index (χ3n) is 5.52. The largest absolute Gasteiger partial charge is 0.396 e. The van der Waals surface area contributed by atoms with E-state index in [4.69, 9.17) is 0 Å². The molecule has 1 saturated heterocycles. The molecule has 1 aliphatic carbocycles. The third kappa shape index (κ3) is 3.22. The summed E-state index contributed by atoms with van der Waals surface area (Å²) in [6.45, 7) is 6.97. The van der Waals surface area contributed by atoms with Gasteiger partial charge in [-0.25, -0.2) is 4.79 Å². The maximum atomic E-state index is 12.1. The van der Waals surface area contributed by atoms with E-state index in [0.717, 1.165) is 45.3 Å². The Morgan fingerprint density at radius 2 is 1.68 bits per heavy atom. The van der Waals surface area contributed by atoms with Gasteiger partial charge in [0.05, 0.1) is 0 Å². The number of aliphatic hydroxyl groups is 1. The minimum absolute atomic E-state index is 0.0535. The fourth-order valence-corrected chi connectivity index (χ4v) is 3.01. The molecule has 0 unspecified atom stereocenters. The second-order valence-corrected chi connectivity index (χ2v) is 6.51. The Kier molecular flexibility index (Phi) is 4.39. The molecule has 2 aliphatic rings. The van der Waals surface area contributed by atoms with E-state index < -0.39 is 0 Å². The lowest BCUT2D eigenvalue weighted by atomic mass is 9.77. The molecule has 2 fully saturated rings. The molecule has 4 heteroatoms. The van der Waals surface area contributed by atoms with Crippen LogP contribution in [0.5, 0.6) is 0 Å². The zero-order valence-electron chi connectivity index (χ0n) is 12.4. The molecule has 2 amide bonds. The van der Waals surface area contributed by atoms with Crippen molar-refractivity contribution in [2.75, 3.05) is 26.2 Å². The van der Waals surface area contributed by atoms with Crippen molar-refractivity contribution < 1.29 is 9.90 Å². The van der Waals surface area contributed by atoms with Crippen molar-refractivity contribution in [2.45, 2.75) is 52.4 Å². The van der Waals surface area contributed by atoms with Crippen LogP contribution in [0, 0.1) is 10.8 Å². The first-order chi connectivity index (χ1) is 9.09. The number of aliphatic hydroxyl groups excluding tert-OH is 1. The first-order valence-electron chi connectivity index (χ1n) is 7.72. The van der Waals surface area contributed by atoms with Crippen LogP contribution in [0.4, 0.5) is 4.79 Å². The van der Waals surface area contributed by atoms with Gasteiger partial charge < -0.3 is 15.3 Å². The summed E-state index contributed by atoms with van der Waals surface area (Å²) in [5, 5.41) is 12.6. The van der Waals surface area contributed by atoms with E-state index >= 15 is 0 Å². The smallest absolute Gasteiger partial charge is 0.317 e. The van der Waals surface area contributed by atoms with E-state index in [-0.39, 0.29) is 18.1 Å². The lowest BCUT2D eigenvalue weighted by molar-refractivity contribution is 0.0517. The summed E-state index contributed by atoms with van der Waals surface area (Å²) in [7, 11) is 0. The van der Waals surface area contributed by atoms with E-state index in [1.165, 1.54) is 12.8 Å². The molecule has 1 aliphatic heterocycles. The highest BCUT2D eigenvalue weighted by atomic mass is 16.3. The highest BCUT2D eigenvalue weighted by molar-refractivity contribution is 5.74. The van der Waals surface area contributed by atoms with Crippen LogP contribution in [-0.4, -0.2) is 42.3 Å². The van der Waals surface area contributed by atoms with Gasteiger partial charge in [0.25, 0.3) is 0 Å². The van der Waals surface area contributed by atoms with Gasteiger partial charge in [-0.3, -0.25) is 0 Å². The maximum absolute atomic E-state index is 12.1. The Balaban J connectivity index is 1.76.